The van der Waals surface area contributed by atoms with Crippen LogP contribution in [0.15, 0.2) is 82.6 Å². The van der Waals surface area contributed by atoms with Crippen molar-refractivity contribution in [2.24, 2.45) is 0 Å². The number of carbonyl (C=O) groups is 2. The number of amides is 2. The largest absolute Gasteiger partial charge is 0.497 e. The first-order valence-corrected chi connectivity index (χ1v) is 17.2. The highest BCUT2D eigenvalue weighted by Crippen LogP contribution is 2.27. The van der Waals surface area contributed by atoms with Gasteiger partial charge in [0.15, 0.2) is 0 Å². The molecule has 3 aromatic rings. The van der Waals surface area contributed by atoms with Crippen molar-refractivity contribution < 1.29 is 22.7 Å². The average molecular weight is 624 g/mol. The standard InChI is InChI=1S/C33H41N3O5S2/c1-24-13-15-28(16-14-24)36(43(39,40)31-19-17-30(42-4)18-20-31)23-32(37)35(22-26-9-8-12-29(21-26)41-3)25(2)33(38)34-27-10-6-5-7-11-27/h8-9,12-21,25,27H,5-7,10-11,22-23H2,1-4H3,(H,34,38)/t25-/m0/s1. The topological polar surface area (TPSA) is 96.0 Å². The third kappa shape index (κ3) is 8.32. The summed E-state index contributed by atoms with van der Waals surface area (Å²) in [5, 5.41) is 3.13. The Kier molecular flexibility index (Phi) is 11.2. The van der Waals surface area contributed by atoms with Gasteiger partial charge >= 0.3 is 0 Å². The summed E-state index contributed by atoms with van der Waals surface area (Å²) in [6.07, 6.45) is 7.03. The SMILES string of the molecule is COc1cccc(CN(C(=O)CN(c2ccc(C)cc2)S(=O)(=O)c2ccc(SC)cc2)[C@@H](C)C(=O)NC2CCCCC2)c1. The number of anilines is 1. The van der Waals surface area contributed by atoms with Gasteiger partial charge in [-0.1, -0.05) is 49.1 Å². The normalized spacial score (nSPS) is 14.5. The summed E-state index contributed by atoms with van der Waals surface area (Å²) in [5.74, 6) is -0.110. The maximum Gasteiger partial charge on any atom is 0.264 e. The third-order valence-electron chi connectivity index (χ3n) is 7.85. The van der Waals surface area contributed by atoms with E-state index in [1.807, 2.05) is 49.6 Å². The number of hydrogen-bond acceptors (Lipinski definition) is 6. The molecule has 43 heavy (non-hydrogen) atoms. The van der Waals surface area contributed by atoms with Crippen molar-refractivity contribution in [2.75, 3.05) is 24.2 Å². The van der Waals surface area contributed by atoms with Crippen molar-refractivity contribution >= 4 is 39.3 Å². The predicted octanol–water partition coefficient (Wildman–Crippen LogP) is 5.79. The molecule has 1 aliphatic carbocycles. The van der Waals surface area contributed by atoms with Gasteiger partial charge in [0.2, 0.25) is 11.8 Å². The Morgan fingerprint density at radius 2 is 1.67 bits per heavy atom. The van der Waals surface area contributed by atoms with E-state index in [0.29, 0.717) is 11.4 Å². The van der Waals surface area contributed by atoms with Crippen LogP contribution >= 0.6 is 11.8 Å². The lowest BCUT2D eigenvalue weighted by molar-refractivity contribution is -0.139. The van der Waals surface area contributed by atoms with Crippen LogP contribution < -0.4 is 14.4 Å². The first kappa shape index (κ1) is 32.4. The molecule has 3 aromatic carbocycles. The minimum absolute atomic E-state index is 0.0751. The monoisotopic (exact) mass is 623 g/mol. The number of benzene rings is 3. The van der Waals surface area contributed by atoms with Crippen LogP contribution in [0, 0.1) is 6.92 Å². The summed E-state index contributed by atoms with van der Waals surface area (Å²) in [6, 6.07) is 20.2. The average Bonchev–Trinajstić information content (AvgIpc) is 3.03. The smallest absolute Gasteiger partial charge is 0.264 e. The van der Waals surface area contributed by atoms with Crippen LogP contribution in [-0.2, 0) is 26.2 Å². The summed E-state index contributed by atoms with van der Waals surface area (Å²) in [6.45, 7) is 3.25. The fraction of sp³-hybridized carbons (Fsp3) is 0.394. The molecule has 0 heterocycles. The second-order valence-corrected chi connectivity index (χ2v) is 13.7. The Balaban J connectivity index is 1.68. The predicted molar refractivity (Wildman–Crippen MR) is 172 cm³/mol. The maximum atomic E-state index is 14.2. The van der Waals surface area contributed by atoms with E-state index in [2.05, 4.69) is 5.32 Å². The van der Waals surface area contributed by atoms with Crippen LogP contribution in [0.25, 0.3) is 0 Å². The summed E-state index contributed by atoms with van der Waals surface area (Å²) in [4.78, 5) is 30.1. The number of thioether (sulfide) groups is 1. The highest BCUT2D eigenvalue weighted by atomic mass is 32.2. The number of nitrogens with zero attached hydrogens (tertiary/aromatic N) is 2. The van der Waals surface area contributed by atoms with Crippen LogP contribution in [0.1, 0.15) is 50.2 Å². The number of methoxy groups -OCH3 is 1. The zero-order chi connectivity index (χ0) is 31.0. The second kappa shape index (κ2) is 14.8. The lowest BCUT2D eigenvalue weighted by atomic mass is 9.95. The van der Waals surface area contributed by atoms with Crippen molar-refractivity contribution in [3.05, 3.63) is 83.9 Å². The van der Waals surface area contributed by atoms with E-state index in [9.17, 15) is 18.0 Å². The van der Waals surface area contributed by atoms with Crippen molar-refractivity contribution in [3.8, 4) is 5.75 Å². The number of nitrogens with one attached hydrogen (secondary N) is 1. The molecule has 1 N–H and O–H groups in total. The molecule has 4 rings (SSSR count). The van der Waals surface area contributed by atoms with Gasteiger partial charge in [-0.2, -0.15) is 0 Å². The molecule has 0 radical (unpaired) electrons. The first-order chi connectivity index (χ1) is 20.6. The number of hydrogen-bond donors (Lipinski definition) is 1. The number of carbonyl (C=O) groups excluding carboxylic acids is 2. The number of ether oxygens (including phenoxy) is 1. The molecule has 1 aliphatic rings. The van der Waals surface area contributed by atoms with E-state index in [1.165, 1.54) is 16.7 Å². The Morgan fingerprint density at radius 3 is 2.30 bits per heavy atom. The van der Waals surface area contributed by atoms with Gasteiger partial charge in [0, 0.05) is 17.5 Å². The highest BCUT2D eigenvalue weighted by molar-refractivity contribution is 7.98. The highest BCUT2D eigenvalue weighted by Gasteiger charge is 2.33. The Labute approximate surface area is 259 Å². The zero-order valence-electron chi connectivity index (χ0n) is 25.3. The molecular weight excluding hydrogens is 583 g/mol. The van der Waals surface area contributed by atoms with E-state index in [4.69, 9.17) is 4.74 Å². The van der Waals surface area contributed by atoms with Crippen LogP contribution in [0.5, 0.6) is 5.75 Å². The molecule has 10 heteroatoms. The van der Waals surface area contributed by atoms with Crippen molar-refractivity contribution in [1.82, 2.24) is 10.2 Å². The fourth-order valence-corrected chi connectivity index (χ4v) is 7.06. The minimum atomic E-state index is -4.12. The molecule has 0 saturated heterocycles. The van der Waals surface area contributed by atoms with Crippen molar-refractivity contribution in [2.45, 2.75) is 74.4 Å². The Hall–Kier alpha value is -3.50. The molecule has 0 aliphatic heterocycles. The first-order valence-electron chi connectivity index (χ1n) is 14.6. The third-order valence-corrected chi connectivity index (χ3v) is 10.4. The van der Waals surface area contributed by atoms with Crippen LogP contribution in [0.2, 0.25) is 0 Å². The maximum absolute atomic E-state index is 14.2. The van der Waals surface area contributed by atoms with Crippen LogP contribution in [-0.4, -0.2) is 57.1 Å². The van der Waals surface area contributed by atoms with Gasteiger partial charge in [-0.05, 0) is 87.0 Å². The van der Waals surface area contributed by atoms with E-state index in [-0.39, 0.29) is 23.4 Å². The summed E-state index contributed by atoms with van der Waals surface area (Å²) in [5.41, 5.74) is 2.10. The molecule has 8 nitrogen and oxygen atoms in total. The molecule has 0 bridgehead atoms. The number of aryl methyl sites for hydroxylation is 1. The zero-order valence-corrected chi connectivity index (χ0v) is 26.9. The van der Waals surface area contributed by atoms with E-state index in [0.717, 1.165) is 52.4 Å². The van der Waals surface area contributed by atoms with Crippen LogP contribution in [0.4, 0.5) is 5.69 Å². The fourth-order valence-electron chi connectivity index (χ4n) is 5.23. The molecule has 0 spiro atoms. The molecule has 0 aromatic heterocycles. The molecule has 2 amide bonds. The van der Waals surface area contributed by atoms with Gasteiger partial charge in [-0.3, -0.25) is 13.9 Å². The van der Waals surface area contributed by atoms with Crippen molar-refractivity contribution in [3.63, 3.8) is 0 Å². The van der Waals surface area contributed by atoms with E-state index >= 15 is 0 Å². The van der Waals surface area contributed by atoms with Gasteiger partial charge in [0.1, 0.15) is 18.3 Å². The van der Waals surface area contributed by atoms with Gasteiger partial charge in [-0.15, -0.1) is 11.8 Å². The number of rotatable bonds is 12. The summed E-state index contributed by atoms with van der Waals surface area (Å²) >= 11 is 1.51. The molecule has 230 valence electrons. The van der Waals surface area contributed by atoms with Gasteiger partial charge < -0.3 is 15.0 Å². The van der Waals surface area contributed by atoms with Crippen LogP contribution in [0.3, 0.4) is 0 Å². The van der Waals surface area contributed by atoms with Gasteiger partial charge in [0.05, 0.1) is 17.7 Å². The van der Waals surface area contributed by atoms with Gasteiger partial charge in [-0.25, -0.2) is 8.42 Å². The summed E-state index contributed by atoms with van der Waals surface area (Å²) < 4.78 is 34.6. The second-order valence-electron chi connectivity index (χ2n) is 10.9. The van der Waals surface area contributed by atoms with Crippen molar-refractivity contribution in [1.29, 1.82) is 0 Å². The molecular formula is C33H41N3O5S2. The minimum Gasteiger partial charge on any atom is -0.497 e. The Bertz CT molecular complexity index is 1490. The lowest BCUT2D eigenvalue weighted by Crippen LogP contribution is -2.53. The molecule has 1 saturated carbocycles. The van der Waals surface area contributed by atoms with E-state index < -0.39 is 28.5 Å². The lowest BCUT2D eigenvalue weighted by Gasteiger charge is -2.33. The van der Waals surface area contributed by atoms with Gasteiger partial charge in [0.25, 0.3) is 10.0 Å². The Morgan fingerprint density at radius 1 is 1.00 bits per heavy atom. The molecule has 1 atom stereocenters. The molecule has 1 fully saturated rings. The quantitative estimate of drug-likeness (QED) is 0.257. The summed E-state index contributed by atoms with van der Waals surface area (Å²) in [7, 11) is -2.55. The van der Waals surface area contributed by atoms with E-state index in [1.54, 1.807) is 50.4 Å². The molecule has 0 unspecified atom stereocenters. The number of sulfonamides is 1.